The van der Waals surface area contributed by atoms with E-state index in [4.69, 9.17) is 5.73 Å². The number of rotatable bonds is 4. The van der Waals surface area contributed by atoms with E-state index in [-0.39, 0.29) is 5.91 Å². The summed E-state index contributed by atoms with van der Waals surface area (Å²) < 4.78 is 0. The van der Waals surface area contributed by atoms with Crippen molar-refractivity contribution in [1.82, 2.24) is 15.3 Å². The smallest absolute Gasteiger partial charge is 0.244 e. The molecule has 1 aromatic carbocycles. The monoisotopic (exact) mass is 244 g/mol. The summed E-state index contributed by atoms with van der Waals surface area (Å²) >= 11 is 0. The van der Waals surface area contributed by atoms with Crippen LogP contribution in [0.4, 0.5) is 0 Å². The lowest BCUT2D eigenvalue weighted by molar-refractivity contribution is -0.126. The number of aromatic nitrogens is 2. The summed E-state index contributed by atoms with van der Waals surface area (Å²) in [6.45, 7) is 2.03. The lowest BCUT2D eigenvalue weighted by atomic mass is 9.92. The maximum Gasteiger partial charge on any atom is 0.244 e. The minimum absolute atomic E-state index is 0.231. The highest BCUT2D eigenvalue weighted by molar-refractivity contribution is 5.86. The quantitative estimate of drug-likeness (QED) is 0.747. The molecule has 4 N–H and O–H groups in total. The molecule has 18 heavy (non-hydrogen) atoms. The Morgan fingerprint density at radius 1 is 1.44 bits per heavy atom. The Morgan fingerprint density at radius 3 is 2.78 bits per heavy atom. The van der Waals surface area contributed by atoms with Crippen LogP contribution >= 0.6 is 0 Å². The van der Waals surface area contributed by atoms with Crippen molar-refractivity contribution in [3.05, 3.63) is 54.1 Å². The number of imidazole rings is 1. The van der Waals surface area contributed by atoms with Gasteiger partial charge in [0.25, 0.3) is 0 Å². The van der Waals surface area contributed by atoms with Crippen molar-refractivity contribution in [1.29, 1.82) is 0 Å². The lowest BCUT2D eigenvalue weighted by Gasteiger charge is -2.23. The van der Waals surface area contributed by atoms with Crippen molar-refractivity contribution in [3.63, 3.8) is 0 Å². The van der Waals surface area contributed by atoms with Crippen molar-refractivity contribution in [3.8, 4) is 0 Å². The van der Waals surface area contributed by atoms with Crippen molar-refractivity contribution >= 4 is 5.91 Å². The van der Waals surface area contributed by atoms with Crippen LogP contribution in [0.2, 0.25) is 0 Å². The van der Waals surface area contributed by atoms with Gasteiger partial charge in [-0.2, -0.15) is 0 Å². The van der Waals surface area contributed by atoms with Crippen LogP contribution in [0.25, 0.3) is 0 Å². The van der Waals surface area contributed by atoms with Crippen LogP contribution in [0, 0.1) is 0 Å². The second-order valence-corrected chi connectivity index (χ2v) is 4.29. The number of carbonyl (C=O) groups excluding carboxylic acids is 1. The lowest BCUT2D eigenvalue weighted by Crippen LogP contribution is -2.48. The maximum absolute atomic E-state index is 12.1. The number of hydrogen-bond acceptors (Lipinski definition) is 3. The molecular weight excluding hydrogens is 228 g/mol. The minimum Gasteiger partial charge on any atom is -0.347 e. The second-order valence-electron chi connectivity index (χ2n) is 4.29. The first kappa shape index (κ1) is 12.3. The molecule has 0 aliphatic heterocycles. The zero-order valence-corrected chi connectivity index (χ0v) is 10.2. The first-order valence-corrected chi connectivity index (χ1v) is 5.71. The molecule has 0 aliphatic carbocycles. The molecule has 0 saturated heterocycles. The van der Waals surface area contributed by atoms with Crippen molar-refractivity contribution in [2.24, 2.45) is 5.73 Å². The zero-order valence-electron chi connectivity index (χ0n) is 10.2. The molecule has 0 aliphatic rings. The SMILES string of the molecule is CC(N)(C(=O)NCc1ncc[nH]1)c1ccccc1. The fraction of sp³-hybridized carbons (Fsp3) is 0.231. The molecule has 1 heterocycles. The molecule has 5 nitrogen and oxygen atoms in total. The van der Waals surface area contributed by atoms with Gasteiger partial charge in [0.2, 0.25) is 5.91 Å². The number of H-pyrrole nitrogens is 1. The summed E-state index contributed by atoms with van der Waals surface area (Å²) in [4.78, 5) is 19.0. The molecule has 0 saturated carbocycles. The van der Waals surface area contributed by atoms with E-state index in [1.807, 2.05) is 30.3 Å². The van der Waals surface area contributed by atoms with E-state index in [1.54, 1.807) is 19.3 Å². The molecule has 2 aromatic rings. The van der Waals surface area contributed by atoms with Crippen LogP contribution in [0.15, 0.2) is 42.7 Å². The van der Waals surface area contributed by atoms with E-state index < -0.39 is 5.54 Å². The van der Waals surface area contributed by atoms with Gasteiger partial charge in [0.15, 0.2) is 0 Å². The van der Waals surface area contributed by atoms with E-state index >= 15 is 0 Å². The van der Waals surface area contributed by atoms with E-state index in [2.05, 4.69) is 15.3 Å². The number of aromatic amines is 1. The molecule has 1 atom stereocenters. The third-order valence-electron chi connectivity index (χ3n) is 2.82. The number of nitrogens with one attached hydrogen (secondary N) is 2. The highest BCUT2D eigenvalue weighted by Crippen LogP contribution is 2.17. The zero-order chi connectivity index (χ0) is 13.0. The van der Waals surface area contributed by atoms with Gasteiger partial charge in [0.05, 0.1) is 6.54 Å². The fourth-order valence-electron chi connectivity index (χ4n) is 1.66. The van der Waals surface area contributed by atoms with Crippen LogP contribution in [0.5, 0.6) is 0 Å². The van der Waals surface area contributed by atoms with E-state index in [0.717, 1.165) is 5.56 Å². The van der Waals surface area contributed by atoms with Crippen LogP contribution < -0.4 is 11.1 Å². The number of carbonyl (C=O) groups is 1. The molecule has 0 fully saturated rings. The molecule has 94 valence electrons. The molecule has 0 bridgehead atoms. The summed E-state index contributed by atoms with van der Waals surface area (Å²) in [5, 5.41) is 2.77. The predicted octanol–water partition coefficient (Wildman–Crippen LogP) is 0.900. The van der Waals surface area contributed by atoms with Gasteiger partial charge in [0.1, 0.15) is 11.4 Å². The maximum atomic E-state index is 12.1. The van der Waals surface area contributed by atoms with Crippen LogP contribution in [-0.4, -0.2) is 15.9 Å². The Labute approximate surface area is 105 Å². The Balaban J connectivity index is 2.04. The number of benzene rings is 1. The topological polar surface area (TPSA) is 83.8 Å². The summed E-state index contributed by atoms with van der Waals surface area (Å²) in [5.41, 5.74) is 5.81. The van der Waals surface area contributed by atoms with Crippen molar-refractivity contribution in [2.45, 2.75) is 19.0 Å². The Bertz CT molecular complexity index is 505. The largest absolute Gasteiger partial charge is 0.347 e. The summed E-state index contributed by atoms with van der Waals surface area (Å²) in [5.74, 6) is 0.470. The molecule has 2 rings (SSSR count). The average molecular weight is 244 g/mol. The normalized spacial score (nSPS) is 13.9. The third-order valence-corrected chi connectivity index (χ3v) is 2.82. The highest BCUT2D eigenvalue weighted by atomic mass is 16.2. The number of nitrogens with two attached hydrogens (primary N) is 1. The predicted molar refractivity (Wildman–Crippen MR) is 68.4 cm³/mol. The standard InChI is InChI=1S/C13H16N4O/c1-13(14,10-5-3-2-4-6-10)12(18)17-9-11-15-7-8-16-11/h2-8H,9,14H2,1H3,(H,15,16)(H,17,18). The van der Waals surface area contributed by atoms with Gasteiger partial charge < -0.3 is 16.0 Å². The molecule has 5 heteroatoms. The molecular formula is C13H16N4O. The van der Waals surface area contributed by atoms with E-state index in [1.165, 1.54) is 0 Å². The third kappa shape index (κ3) is 2.57. The number of hydrogen-bond donors (Lipinski definition) is 3. The van der Waals surface area contributed by atoms with Crippen LogP contribution in [0.3, 0.4) is 0 Å². The molecule has 0 radical (unpaired) electrons. The Morgan fingerprint density at radius 2 is 2.17 bits per heavy atom. The highest BCUT2D eigenvalue weighted by Gasteiger charge is 2.29. The number of amides is 1. The van der Waals surface area contributed by atoms with Gasteiger partial charge in [-0.05, 0) is 12.5 Å². The van der Waals surface area contributed by atoms with Gasteiger partial charge in [-0.15, -0.1) is 0 Å². The van der Waals surface area contributed by atoms with E-state index in [9.17, 15) is 4.79 Å². The van der Waals surface area contributed by atoms with Gasteiger partial charge >= 0.3 is 0 Å². The van der Waals surface area contributed by atoms with Gasteiger partial charge in [-0.1, -0.05) is 30.3 Å². The van der Waals surface area contributed by atoms with Crippen molar-refractivity contribution < 1.29 is 4.79 Å². The Hall–Kier alpha value is -2.14. The summed E-state index contributed by atoms with van der Waals surface area (Å²) in [6, 6.07) is 9.29. The number of nitrogens with zero attached hydrogens (tertiary/aromatic N) is 1. The van der Waals surface area contributed by atoms with Crippen LogP contribution in [-0.2, 0) is 16.9 Å². The van der Waals surface area contributed by atoms with Crippen molar-refractivity contribution in [2.75, 3.05) is 0 Å². The Kier molecular flexibility index (Phi) is 3.43. The van der Waals surface area contributed by atoms with Crippen LogP contribution in [0.1, 0.15) is 18.3 Å². The minimum atomic E-state index is -1.05. The average Bonchev–Trinajstić information content (AvgIpc) is 2.90. The molecule has 1 unspecified atom stereocenters. The summed E-state index contributed by atoms with van der Waals surface area (Å²) in [7, 11) is 0. The first-order valence-electron chi connectivity index (χ1n) is 5.71. The van der Waals surface area contributed by atoms with Gasteiger partial charge in [-0.3, -0.25) is 4.79 Å². The molecule has 1 aromatic heterocycles. The molecule has 1 amide bonds. The fourth-order valence-corrected chi connectivity index (χ4v) is 1.66. The summed E-state index contributed by atoms with van der Waals surface area (Å²) in [6.07, 6.45) is 3.35. The first-order chi connectivity index (χ1) is 8.60. The van der Waals surface area contributed by atoms with E-state index in [0.29, 0.717) is 12.4 Å². The van der Waals surface area contributed by atoms with Gasteiger partial charge in [-0.25, -0.2) is 4.98 Å². The second kappa shape index (κ2) is 5.01. The van der Waals surface area contributed by atoms with Gasteiger partial charge in [0, 0.05) is 12.4 Å². The molecule has 0 spiro atoms.